The number of nitrogens with two attached hydrogens (primary N) is 1. The van der Waals surface area contributed by atoms with E-state index in [1.54, 1.807) is 36.8 Å². The van der Waals surface area contributed by atoms with Gasteiger partial charge in [0.25, 0.3) is 0 Å². The van der Waals surface area contributed by atoms with Crippen LogP contribution in [-0.2, 0) is 9.92 Å². The number of nitrogens with zero attached hydrogens (tertiary/aromatic N) is 2. The van der Waals surface area contributed by atoms with E-state index >= 15 is 0 Å². The molecule has 1 atom stereocenters. The molecule has 0 bridgehead atoms. The quantitative estimate of drug-likeness (QED) is 0.559. The van der Waals surface area contributed by atoms with Crippen LogP contribution in [0.1, 0.15) is 0 Å². The third-order valence-corrected chi connectivity index (χ3v) is 2.56. The van der Waals surface area contributed by atoms with E-state index in [1.165, 1.54) is 4.68 Å². The fourth-order valence-electron chi connectivity index (χ4n) is 1.38. The summed E-state index contributed by atoms with van der Waals surface area (Å²) in [6.07, 6.45) is 8.07. The number of amides is 1. The Morgan fingerprint density at radius 2 is 2.47 bits per heavy atom. The van der Waals surface area contributed by atoms with Crippen LogP contribution in [0.25, 0.3) is 0 Å². The molecule has 1 aromatic heterocycles. The number of nitrogens with one attached hydrogen (secondary N) is 1. The highest BCUT2D eigenvalue weighted by Gasteiger charge is 2.37. The van der Waals surface area contributed by atoms with E-state index in [9.17, 15) is 4.79 Å². The van der Waals surface area contributed by atoms with Gasteiger partial charge in [-0.05, 0) is 24.4 Å². The van der Waals surface area contributed by atoms with Crippen molar-refractivity contribution in [1.82, 2.24) is 15.1 Å². The number of carbonyl (C=O) groups is 1. The van der Waals surface area contributed by atoms with Gasteiger partial charge in [-0.2, -0.15) is 5.10 Å². The van der Waals surface area contributed by atoms with Gasteiger partial charge >= 0.3 is 0 Å². The zero-order chi connectivity index (χ0) is 10.9. The first-order valence-electron chi connectivity index (χ1n) is 4.28. The minimum atomic E-state index is -1.23. The molecule has 0 saturated heterocycles. The Labute approximate surface area is 91.2 Å². The van der Waals surface area contributed by atoms with E-state index < -0.39 is 11.0 Å². The smallest absolute Gasteiger partial charge is 0.250 e. The van der Waals surface area contributed by atoms with Gasteiger partial charge in [0.1, 0.15) is 0 Å². The SMILES string of the molecule is NC(=O)C1=CC=CNC1(Cl)n1cccn1. The number of hydrogen-bond donors (Lipinski definition) is 2. The molecule has 0 saturated carbocycles. The molecule has 1 amide bonds. The summed E-state index contributed by atoms with van der Waals surface area (Å²) in [5.41, 5.74) is 5.49. The molecule has 2 rings (SSSR count). The lowest BCUT2D eigenvalue weighted by atomic mass is 10.1. The monoisotopic (exact) mass is 224 g/mol. The molecule has 1 aromatic rings. The first kappa shape index (κ1) is 9.79. The summed E-state index contributed by atoms with van der Waals surface area (Å²) < 4.78 is 1.43. The zero-order valence-electron chi connectivity index (χ0n) is 7.72. The summed E-state index contributed by atoms with van der Waals surface area (Å²) >= 11 is 6.27. The lowest BCUT2D eigenvalue weighted by Crippen LogP contribution is -2.47. The topological polar surface area (TPSA) is 72.9 Å². The first-order valence-corrected chi connectivity index (χ1v) is 4.66. The maximum absolute atomic E-state index is 11.2. The summed E-state index contributed by atoms with van der Waals surface area (Å²) in [4.78, 5) is 11.2. The molecule has 0 aliphatic carbocycles. The van der Waals surface area contributed by atoms with E-state index in [4.69, 9.17) is 17.3 Å². The van der Waals surface area contributed by atoms with Crippen molar-refractivity contribution in [2.45, 2.75) is 5.12 Å². The standard InChI is InChI=1S/C9H9ClN4O/c10-9(14-6-2-5-13-14)7(8(11)15)3-1-4-12-9/h1-6,12H,(H2,11,15). The minimum Gasteiger partial charge on any atom is -0.366 e. The Bertz CT molecular complexity index is 437. The Morgan fingerprint density at radius 3 is 3.07 bits per heavy atom. The molecule has 0 spiro atoms. The van der Waals surface area contributed by atoms with Gasteiger partial charge in [0, 0.05) is 12.4 Å². The fraction of sp³-hybridized carbons (Fsp3) is 0.111. The molecule has 15 heavy (non-hydrogen) atoms. The van der Waals surface area contributed by atoms with Crippen LogP contribution in [0, 0.1) is 0 Å². The van der Waals surface area contributed by atoms with E-state index in [1.807, 2.05) is 0 Å². The summed E-state index contributed by atoms with van der Waals surface area (Å²) in [6.45, 7) is 0. The fourth-order valence-corrected chi connectivity index (χ4v) is 1.70. The number of alkyl halides is 1. The third kappa shape index (κ3) is 1.50. The van der Waals surface area contributed by atoms with Crippen LogP contribution >= 0.6 is 11.6 Å². The van der Waals surface area contributed by atoms with Gasteiger partial charge in [-0.1, -0.05) is 11.6 Å². The van der Waals surface area contributed by atoms with Crippen molar-refractivity contribution < 1.29 is 4.79 Å². The number of carbonyl (C=O) groups excluding carboxylic acids is 1. The first-order chi connectivity index (χ1) is 7.14. The minimum absolute atomic E-state index is 0.246. The third-order valence-electron chi connectivity index (χ3n) is 2.08. The largest absolute Gasteiger partial charge is 0.366 e. The normalized spacial score (nSPS) is 24.5. The number of dihydropyridines is 1. The molecule has 6 heteroatoms. The molecule has 1 aliphatic heterocycles. The van der Waals surface area contributed by atoms with Crippen LogP contribution in [0.2, 0.25) is 0 Å². The molecule has 1 unspecified atom stereocenters. The number of allylic oxidation sites excluding steroid dienone is 2. The average molecular weight is 225 g/mol. The second-order valence-electron chi connectivity index (χ2n) is 3.02. The van der Waals surface area contributed by atoms with Gasteiger partial charge in [-0.3, -0.25) is 4.79 Å². The molecule has 0 fully saturated rings. The number of hydrogen-bond acceptors (Lipinski definition) is 3. The van der Waals surface area contributed by atoms with Gasteiger partial charge in [-0.15, -0.1) is 0 Å². The van der Waals surface area contributed by atoms with Crippen molar-refractivity contribution in [3.05, 3.63) is 42.4 Å². The van der Waals surface area contributed by atoms with E-state index in [2.05, 4.69) is 10.4 Å². The van der Waals surface area contributed by atoms with Crippen LogP contribution < -0.4 is 11.1 Å². The zero-order valence-corrected chi connectivity index (χ0v) is 8.48. The van der Waals surface area contributed by atoms with E-state index in [-0.39, 0.29) is 5.57 Å². The van der Waals surface area contributed by atoms with Crippen LogP contribution in [0.15, 0.2) is 42.4 Å². The Balaban J connectivity index is 2.48. The predicted octanol–water partition coefficient (Wildman–Crippen LogP) is 0.261. The van der Waals surface area contributed by atoms with Crippen molar-refractivity contribution in [2.75, 3.05) is 0 Å². The van der Waals surface area contributed by atoms with Gasteiger partial charge < -0.3 is 11.1 Å². The molecule has 1 aliphatic rings. The highest BCUT2D eigenvalue weighted by molar-refractivity contribution is 6.27. The molecule has 78 valence electrons. The van der Waals surface area contributed by atoms with Crippen LogP contribution in [-0.4, -0.2) is 15.7 Å². The maximum atomic E-state index is 11.2. The Kier molecular flexibility index (Phi) is 2.24. The van der Waals surface area contributed by atoms with Crippen LogP contribution in [0.5, 0.6) is 0 Å². The van der Waals surface area contributed by atoms with Crippen molar-refractivity contribution in [2.24, 2.45) is 5.73 Å². The van der Waals surface area contributed by atoms with E-state index in [0.29, 0.717) is 0 Å². The predicted molar refractivity (Wildman–Crippen MR) is 55.6 cm³/mol. The Hall–Kier alpha value is -1.75. The number of halogens is 1. The van der Waals surface area contributed by atoms with E-state index in [0.717, 1.165) is 0 Å². The number of aromatic nitrogens is 2. The highest BCUT2D eigenvalue weighted by Crippen LogP contribution is 2.29. The van der Waals surface area contributed by atoms with Crippen molar-refractivity contribution >= 4 is 17.5 Å². The molecular formula is C9H9ClN4O. The second kappa shape index (κ2) is 3.43. The molecule has 5 nitrogen and oxygen atoms in total. The van der Waals surface area contributed by atoms with Gasteiger partial charge in [0.15, 0.2) is 0 Å². The molecular weight excluding hydrogens is 216 g/mol. The number of primary amides is 1. The van der Waals surface area contributed by atoms with Crippen LogP contribution in [0.3, 0.4) is 0 Å². The molecule has 0 aromatic carbocycles. The lowest BCUT2D eigenvalue weighted by molar-refractivity contribution is -0.115. The summed E-state index contributed by atoms with van der Waals surface area (Å²) in [6, 6.07) is 1.71. The van der Waals surface area contributed by atoms with Crippen molar-refractivity contribution in [3.8, 4) is 0 Å². The maximum Gasteiger partial charge on any atom is 0.250 e. The molecule has 0 radical (unpaired) electrons. The Morgan fingerprint density at radius 1 is 1.67 bits per heavy atom. The van der Waals surface area contributed by atoms with Crippen molar-refractivity contribution in [1.29, 1.82) is 0 Å². The lowest BCUT2D eigenvalue weighted by Gasteiger charge is -2.30. The summed E-state index contributed by atoms with van der Waals surface area (Å²) in [7, 11) is 0. The molecule has 3 N–H and O–H groups in total. The highest BCUT2D eigenvalue weighted by atomic mass is 35.5. The summed E-state index contributed by atoms with van der Waals surface area (Å²) in [5.74, 6) is -0.586. The van der Waals surface area contributed by atoms with Gasteiger partial charge in [0.05, 0.1) is 5.57 Å². The second-order valence-corrected chi connectivity index (χ2v) is 3.57. The van der Waals surface area contributed by atoms with Crippen LogP contribution in [0.4, 0.5) is 0 Å². The summed E-state index contributed by atoms with van der Waals surface area (Å²) in [5, 5.41) is 5.60. The van der Waals surface area contributed by atoms with Gasteiger partial charge in [-0.25, -0.2) is 4.68 Å². The number of rotatable bonds is 2. The average Bonchev–Trinajstić information content (AvgIpc) is 2.71. The van der Waals surface area contributed by atoms with Crippen molar-refractivity contribution in [3.63, 3.8) is 0 Å². The van der Waals surface area contributed by atoms with Gasteiger partial charge in [0.2, 0.25) is 11.0 Å². The molecule has 2 heterocycles.